The smallest absolute Gasteiger partial charge is 0.294 e. The molecule has 0 unspecified atom stereocenters. The van der Waals surface area contributed by atoms with Crippen molar-refractivity contribution in [3.8, 4) is 0 Å². The molecule has 0 saturated heterocycles. The fourth-order valence-electron chi connectivity index (χ4n) is 2.04. The predicted molar refractivity (Wildman–Crippen MR) is 132 cm³/mol. The molecule has 0 aliphatic carbocycles. The van der Waals surface area contributed by atoms with E-state index < -0.39 is 10.1 Å². The minimum absolute atomic E-state index is 0.147. The van der Waals surface area contributed by atoms with Gasteiger partial charge in [0.2, 0.25) is 0 Å². The van der Waals surface area contributed by atoms with Crippen LogP contribution < -0.4 is 28.7 Å². The van der Waals surface area contributed by atoms with E-state index in [2.05, 4.69) is 0 Å². The number of rotatable bonds is 1. The van der Waals surface area contributed by atoms with Crippen LogP contribution >= 0.6 is 0 Å². The van der Waals surface area contributed by atoms with Crippen molar-refractivity contribution < 1.29 is 13.0 Å². The summed E-state index contributed by atoms with van der Waals surface area (Å²) in [5, 5.41) is 0. The summed E-state index contributed by atoms with van der Waals surface area (Å²) in [7, 11) is -4.08. The quantitative estimate of drug-likeness (QED) is 0.240. The molecule has 3 aromatic carbocycles. The van der Waals surface area contributed by atoms with Crippen molar-refractivity contribution >= 4 is 38.6 Å². The van der Waals surface area contributed by atoms with Crippen molar-refractivity contribution in [2.24, 2.45) is 0 Å². The molecule has 0 bridgehead atoms. The van der Waals surface area contributed by atoms with Crippen LogP contribution in [0.4, 0.5) is 28.4 Å². The van der Waals surface area contributed by atoms with E-state index in [1.807, 2.05) is 52.0 Å². The summed E-state index contributed by atoms with van der Waals surface area (Å²) in [6.45, 7) is 7.87. The van der Waals surface area contributed by atoms with Crippen molar-refractivity contribution in [3.05, 3.63) is 71.8 Å². The van der Waals surface area contributed by atoms with E-state index in [0.717, 1.165) is 33.9 Å². The molecule has 3 rings (SSSR count). The van der Waals surface area contributed by atoms with Gasteiger partial charge in [0.25, 0.3) is 10.1 Å². The molecule has 0 heterocycles. The average Bonchev–Trinajstić information content (AvgIpc) is 2.70. The van der Waals surface area contributed by atoms with Crippen LogP contribution in [0.25, 0.3) is 0 Å². The summed E-state index contributed by atoms with van der Waals surface area (Å²) in [4.78, 5) is -0.147. The normalized spacial score (nSPS) is 9.71. The molecule has 9 heteroatoms. The Morgan fingerprint density at radius 3 is 1.19 bits per heavy atom. The molecule has 0 aliphatic rings. The Bertz CT molecular complexity index is 1000. The Hall–Kier alpha value is -3.43. The fourth-order valence-corrected chi connectivity index (χ4v) is 2.52. The Labute approximate surface area is 184 Å². The van der Waals surface area contributed by atoms with Crippen LogP contribution in [0, 0.1) is 13.8 Å². The molecule has 11 N–H and O–H groups in total. The number of hydrogen-bond acceptors (Lipinski definition) is 7. The van der Waals surface area contributed by atoms with Crippen LogP contribution in [0.5, 0.6) is 0 Å². The Morgan fingerprint density at radius 2 is 0.935 bits per heavy atom. The monoisotopic (exact) mass is 447 g/mol. The number of nitrogens with two attached hydrogens (primary N) is 5. The van der Waals surface area contributed by atoms with Crippen molar-refractivity contribution in [2.75, 3.05) is 28.7 Å². The van der Waals surface area contributed by atoms with E-state index in [4.69, 9.17) is 33.2 Å². The van der Waals surface area contributed by atoms with Crippen molar-refractivity contribution in [3.63, 3.8) is 0 Å². The lowest BCUT2D eigenvalue weighted by molar-refractivity contribution is 0.483. The van der Waals surface area contributed by atoms with Crippen LogP contribution in [-0.4, -0.2) is 13.0 Å². The van der Waals surface area contributed by atoms with Crippen LogP contribution in [0.15, 0.2) is 65.6 Å². The number of aryl methyl sites for hydroxylation is 2. The zero-order valence-corrected chi connectivity index (χ0v) is 19.1. The fraction of sp³-hybridized carbons (Fsp3) is 0.182. The minimum Gasteiger partial charge on any atom is -0.399 e. The van der Waals surface area contributed by atoms with Gasteiger partial charge in [0.05, 0.1) is 4.90 Å². The van der Waals surface area contributed by atoms with Gasteiger partial charge in [-0.15, -0.1) is 0 Å². The first-order valence-electron chi connectivity index (χ1n) is 9.46. The predicted octanol–water partition coefficient (Wildman–Crippen LogP) is 3.86. The molecule has 170 valence electrons. The molecular weight excluding hydrogens is 414 g/mol. The molecule has 0 radical (unpaired) electrons. The second-order valence-corrected chi connectivity index (χ2v) is 7.70. The van der Waals surface area contributed by atoms with E-state index in [-0.39, 0.29) is 4.90 Å². The molecule has 31 heavy (non-hydrogen) atoms. The third kappa shape index (κ3) is 10.8. The summed E-state index contributed by atoms with van der Waals surface area (Å²) in [6, 6.07) is 16.2. The second kappa shape index (κ2) is 13.0. The highest BCUT2D eigenvalue weighted by molar-refractivity contribution is 7.85. The first-order valence-corrected chi connectivity index (χ1v) is 10.9. The average molecular weight is 448 g/mol. The Balaban J connectivity index is 0.000000421. The molecule has 0 fully saturated rings. The second-order valence-electron chi connectivity index (χ2n) is 6.28. The lowest BCUT2D eigenvalue weighted by Crippen LogP contribution is -1.97. The van der Waals surface area contributed by atoms with Crippen LogP contribution in [0.2, 0.25) is 0 Å². The largest absolute Gasteiger partial charge is 0.399 e. The molecule has 0 aromatic heterocycles. The van der Waals surface area contributed by atoms with Gasteiger partial charge >= 0.3 is 0 Å². The molecule has 0 aliphatic heterocycles. The Morgan fingerprint density at radius 1 is 0.613 bits per heavy atom. The molecule has 0 atom stereocenters. The number of benzene rings is 3. The zero-order valence-electron chi connectivity index (χ0n) is 18.3. The standard InChI is InChI=1S/2C7H10N2.C6H7NO3S.C2H6/c2*1-5-4-6(8)2-3-7(5)9;7-5-1-3-6(4-2-5)11(8,9)10;1-2/h2*2-4H,8-9H2,1H3;1-4H,7H2,(H,8,9,10);1-2H3. The first-order chi connectivity index (χ1) is 14.4. The Kier molecular flexibility index (Phi) is 11.6. The lowest BCUT2D eigenvalue weighted by atomic mass is 10.2. The van der Waals surface area contributed by atoms with Gasteiger partial charge in [-0.3, -0.25) is 4.55 Å². The summed E-state index contributed by atoms with van der Waals surface area (Å²) in [5.41, 5.74) is 33.0. The molecule has 0 amide bonds. The van der Waals surface area contributed by atoms with Crippen LogP contribution in [0.3, 0.4) is 0 Å². The zero-order chi connectivity index (χ0) is 24.2. The summed E-state index contributed by atoms with van der Waals surface area (Å²) in [6.07, 6.45) is 0. The van der Waals surface area contributed by atoms with Gasteiger partial charge in [0.15, 0.2) is 0 Å². The molecule has 3 aromatic rings. The maximum Gasteiger partial charge on any atom is 0.294 e. The van der Waals surface area contributed by atoms with Crippen molar-refractivity contribution in [1.29, 1.82) is 0 Å². The van der Waals surface area contributed by atoms with Crippen molar-refractivity contribution in [1.82, 2.24) is 0 Å². The first kappa shape index (κ1) is 27.6. The number of nitrogen functional groups attached to an aromatic ring is 5. The van der Waals surface area contributed by atoms with Gasteiger partial charge < -0.3 is 28.7 Å². The van der Waals surface area contributed by atoms with Gasteiger partial charge in [-0.1, -0.05) is 13.8 Å². The summed E-state index contributed by atoms with van der Waals surface area (Å²) in [5.74, 6) is 0. The maximum atomic E-state index is 10.5. The number of anilines is 5. The van der Waals surface area contributed by atoms with Gasteiger partial charge in [0, 0.05) is 28.4 Å². The highest BCUT2D eigenvalue weighted by atomic mass is 32.2. The number of hydrogen-bond donors (Lipinski definition) is 6. The molecular formula is C22H33N5O3S. The van der Waals surface area contributed by atoms with Crippen LogP contribution in [0.1, 0.15) is 25.0 Å². The van der Waals surface area contributed by atoms with Gasteiger partial charge in [-0.25, -0.2) is 0 Å². The third-order valence-electron chi connectivity index (χ3n) is 3.77. The third-order valence-corrected chi connectivity index (χ3v) is 4.63. The molecule has 0 spiro atoms. The van der Waals surface area contributed by atoms with E-state index in [0.29, 0.717) is 5.69 Å². The van der Waals surface area contributed by atoms with E-state index >= 15 is 0 Å². The van der Waals surface area contributed by atoms with Gasteiger partial charge in [0.1, 0.15) is 0 Å². The van der Waals surface area contributed by atoms with E-state index in [1.54, 1.807) is 12.1 Å². The van der Waals surface area contributed by atoms with E-state index in [9.17, 15) is 8.42 Å². The lowest BCUT2D eigenvalue weighted by Gasteiger charge is -1.98. The topological polar surface area (TPSA) is 184 Å². The summed E-state index contributed by atoms with van der Waals surface area (Å²) < 4.78 is 29.4. The van der Waals surface area contributed by atoms with Gasteiger partial charge in [-0.2, -0.15) is 8.42 Å². The minimum atomic E-state index is -4.08. The highest BCUT2D eigenvalue weighted by Gasteiger charge is 2.07. The van der Waals surface area contributed by atoms with Crippen molar-refractivity contribution in [2.45, 2.75) is 32.6 Å². The molecule has 0 saturated carbocycles. The highest BCUT2D eigenvalue weighted by Crippen LogP contribution is 2.14. The van der Waals surface area contributed by atoms with Gasteiger partial charge in [-0.05, 0) is 85.6 Å². The van der Waals surface area contributed by atoms with Crippen LogP contribution in [-0.2, 0) is 10.1 Å². The molecule has 8 nitrogen and oxygen atoms in total. The maximum absolute atomic E-state index is 10.5. The SMILES string of the molecule is CC.Cc1cc(N)ccc1N.Cc1cc(N)ccc1N.Nc1ccc(S(=O)(=O)O)cc1. The summed E-state index contributed by atoms with van der Waals surface area (Å²) >= 11 is 0. The van der Waals surface area contributed by atoms with E-state index in [1.165, 1.54) is 24.3 Å².